The van der Waals surface area contributed by atoms with Gasteiger partial charge >= 0.3 is 0 Å². The molecular weight excluding hydrogens is 274 g/mol. The molecule has 1 aromatic heterocycles. The molecule has 0 aromatic carbocycles. The lowest BCUT2D eigenvalue weighted by Gasteiger charge is -2.35. The highest BCUT2D eigenvalue weighted by atomic mass is 32.2. The fourth-order valence-corrected chi connectivity index (χ4v) is 4.28. The van der Waals surface area contributed by atoms with Gasteiger partial charge in [-0.2, -0.15) is 17.0 Å². The number of aromatic nitrogens is 1. The number of nitrogens with zero attached hydrogens (tertiary/aromatic N) is 3. The summed E-state index contributed by atoms with van der Waals surface area (Å²) in [4.78, 5) is 3.97. The predicted octanol–water partition coefficient (Wildman–Crippen LogP) is 2.05. The van der Waals surface area contributed by atoms with Gasteiger partial charge in [-0.3, -0.25) is 4.98 Å². The minimum absolute atomic E-state index is 0.194. The molecule has 112 valence electrons. The predicted molar refractivity (Wildman–Crippen MR) is 79.3 cm³/mol. The first kappa shape index (κ1) is 15.4. The van der Waals surface area contributed by atoms with Crippen LogP contribution in [0.25, 0.3) is 0 Å². The third kappa shape index (κ3) is 3.19. The maximum Gasteiger partial charge on any atom is 0.282 e. The van der Waals surface area contributed by atoms with Crippen LogP contribution in [0.1, 0.15) is 38.3 Å². The molecule has 1 fully saturated rings. The smallest absolute Gasteiger partial charge is 0.265 e. The van der Waals surface area contributed by atoms with Crippen LogP contribution in [-0.2, 0) is 10.2 Å². The topological polar surface area (TPSA) is 53.5 Å². The fraction of sp³-hybridized carbons (Fsp3) is 0.643. The Morgan fingerprint density at radius 1 is 1.40 bits per heavy atom. The lowest BCUT2D eigenvalue weighted by Crippen LogP contribution is -2.46. The Morgan fingerprint density at radius 2 is 2.05 bits per heavy atom. The fourth-order valence-electron chi connectivity index (χ4n) is 2.59. The third-order valence-electron chi connectivity index (χ3n) is 4.04. The zero-order chi connectivity index (χ0) is 14.8. The van der Waals surface area contributed by atoms with Crippen LogP contribution < -0.4 is 0 Å². The van der Waals surface area contributed by atoms with Gasteiger partial charge in [0, 0.05) is 38.6 Å². The normalized spacial score (nSPS) is 22.9. The van der Waals surface area contributed by atoms with Crippen molar-refractivity contribution < 1.29 is 8.42 Å². The van der Waals surface area contributed by atoms with Gasteiger partial charge < -0.3 is 0 Å². The maximum absolute atomic E-state index is 12.7. The average molecular weight is 297 g/mol. The van der Waals surface area contributed by atoms with Crippen LogP contribution >= 0.6 is 0 Å². The first-order valence-electron chi connectivity index (χ1n) is 7.06. The molecule has 5 nitrogen and oxygen atoms in total. The molecule has 1 aliphatic rings. The Kier molecular flexibility index (Phi) is 4.78. The van der Waals surface area contributed by atoms with Crippen LogP contribution in [0.4, 0.5) is 0 Å². The van der Waals surface area contributed by atoms with Gasteiger partial charge in [0.2, 0.25) is 0 Å². The zero-order valence-corrected chi connectivity index (χ0v) is 13.2. The van der Waals surface area contributed by atoms with Crippen LogP contribution in [-0.4, -0.2) is 42.1 Å². The van der Waals surface area contributed by atoms with Crippen molar-refractivity contribution in [3.8, 4) is 0 Å². The molecule has 1 saturated heterocycles. The monoisotopic (exact) mass is 297 g/mol. The van der Waals surface area contributed by atoms with E-state index in [1.165, 1.54) is 4.31 Å². The number of hydrogen-bond donors (Lipinski definition) is 0. The van der Waals surface area contributed by atoms with Crippen molar-refractivity contribution in [2.75, 3.05) is 20.1 Å². The molecule has 6 heteroatoms. The minimum Gasteiger partial charge on any atom is -0.265 e. The number of piperidine rings is 1. The first-order valence-corrected chi connectivity index (χ1v) is 8.45. The van der Waals surface area contributed by atoms with Gasteiger partial charge in [0.15, 0.2) is 0 Å². The van der Waals surface area contributed by atoms with E-state index in [1.807, 2.05) is 19.1 Å². The summed E-state index contributed by atoms with van der Waals surface area (Å²) in [5.74, 6) is 0.433. The van der Waals surface area contributed by atoms with Crippen LogP contribution in [0.5, 0.6) is 0 Å². The molecule has 0 bridgehead atoms. The largest absolute Gasteiger partial charge is 0.282 e. The summed E-state index contributed by atoms with van der Waals surface area (Å²) in [5.41, 5.74) is 0.955. The van der Waals surface area contributed by atoms with Crippen molar-refractivity contribution in [1.82, 2.24) is 13.6 Å². The van der Waals surface area contributed by atoms with Crippen LogP contribution in [0, 0.1) is 5.92 Å². The highest BCUT2D eigenvalue weighted by molar-refractivity contribution is 7.86. The average Bonchev–Trinajstić information content (AvgIpc) is 2.46. The summed E-state index contributed by atoms with van der Waals surface area (Å²) < 4.78 is 28.4. The SMILES string of the molecule is CC1CCCN(S(=O)(=O)N(C)C(C)c2ccncc2)C1. The molecule has 0 amide bonds. The molecule has 2 atom stereocenters. The molecule has 0 radical (unpaired) electrons. The molecule has 1 aliphatic heterocycles. The van der Waals surface area contributed by atoms with E-state index in [4.69, 9.17) is 0 Å². The van der Waals surface area contributed by atoms with E-state index in [1.54, 1.807) is 23.7 Å². The van der Waals surface area contributed by atoms with E-state index in [9.17, 15) is 8.42 Å². The molecule has 0 spiro atoms. The van der Waals surface area contributed by atoms with Crippen molar-refractivity contribution in [2.24, 2.45) is 5.92 Å². The standard InChI is InChI=1S/C14H23N3O2S/c1-12-5-4-10-17(11-12)20(18,19)16(3)13(2)14-6-8-15-9-7-14/h6-9,12-13H,4-5,10-11H2,1-3H3. The second-order valence-electron chi connectivity index (χ2n) is 5.59. The molecule has 1 aromatic rings. The van der Waals surface area contributed by atoms with Crippen LogP contribution in [0.3, 0.4) is 0 Å². The Labute approximate surface area is 121 Å². The summed E-state index contributed by atoms with van der Waals surface area (Å²) in [7, 11) is -1.74. The lowest BCUT2D eigenvalue weighted by atomic mass is 10.0. The van der Waals surface area contributed by atoms with Gasteiger partial charge in [0.25, 0.3) is 10.2 Å². The minimum atomic E-state index is -3.40. The van der Waals surface area contributed by atoms with E-state index < -0.39 is 10.2 Å². The summed E-state index contributed by atoms with van der Waals surface area (Å²) in [6.07, 6.45) is 5.43. The van der Waals surface area contributed by atoms with E-state index in [2.05, 4.69) is 11.9 Å². The summed E-state index contributed by atoms with van der Waals surface area (Å²) >= 11 is 0. The Morgan fingerprint density at radius 3 is 2.65 bits per heavy atom. The van der Waals surface area contributed by atoms with Gasteiger partial charge in [-0.1, -0.05) is 6.92 Å². The highest BCUT2D eigenvalue weighted by Crippen LogP contribution is 2.26. The number of rotatable bonds is 4. The van der Waals surface area contributed by atoms with Crippen molar-refractivity contribution >= 4 is 10.2 Å². The summed E-state index contributed by atoms with van der Waals surface area (Å²) in [6, 6.07) is 3.52. The van der Waals surface area contributed by atoms with Crippen molar-refractivity contribution in [3.63, 3.8) is 0 Å². The van der Waals surface area contributed by atoms with Gasteiger partial charge in [0.1, 0.15) is 0 Å². The molecular formula is C14H23N3O2S. The lowest BCUT2D eigenvalue weighted by molar-refractivity contribution is 0.255. The van der Waals surface area contributed by atoms with Crippen molar-refractivity contribution in [1.29, 1.82) is 0 Å². The third-order valence-corrected chi connectivity index (χ3v) is 6.07. The van der Waals surface area contributed by atoms with Gasteiger partial charge in [0.05, 0.1) is 0 Å². The first-order chi connectivity index (χ1) is 9.43. The van der Waals surface area contributed by atoms with Crippen LogP contribution in [0.15, 0.2) is 24.5 Å². The van der Waals surface area contributed by atoms with Gasteiger partial charge in [-0.05, 0) is 43.4 Å². The number of hydrogen-bond acceptors (Lipinski definition) is 3. The molecule has 20 heavy (non-hydrogen) atoms. The van der Waals surface area contributed by atoms with Gasteiger partial charge in [-0.15, -0.1) is 0 Å². The molecule has 0 aliphatic carbocycles. The Hall–Kier alpha value is -0.980. The summed E-state index contributed by atoms with van der Waals surface area (Å²) in [5, 5.41) is 0. The summed E-state index contributed by atoms with van der Waals surface area (Å²) in [6.45, 7) is 5.25. The Bertz CT molecular complexity index is 533. The Balaban J connectivity index is 2.16. The quantitative estimate of drug-likeness (QED) is 0.854. The van der Waals surface area contributed by atoms with E-state index in [-0.39, 0.29) is 6.04 Å². The second kappa shape index (κ2) is 6.20. The molecule has 2 heterocycles. The molecule has 0 saturated carbocycles. The van der Waals surface area contributed by atoms with Gasteiger partial charge in [-0.25, -0.2) is 0 Å². The second-order valence-corrected chi connectivity index (χ2v) is 7.57. The zero-order valence-electron chi connectivity index (χ0n) is 12.4. The van der Waals surface area contributed by atoms with E-state index in [0.717, 1.165) is 18.4 Å². The van der Waals surface area contributed by atoms with Crippen LogP contribution in [0.2, 0.25) is 0 Å². The number of pyridine rings is 1. The van der Waals surface area contributed by atoms with Crippen molar-refractivity contribution in [2.45, 2.75) is 32.7 Å². The maximum atomic E-state index is 12.7. The molecule has 0 N–H and O–H groups in total. The molecule has 2 rings (SSSR count). The van der Waals surface area contributed by atoms with E-state index in [0.29, 0.717) is 19.0 Å². The highest BCUT2D eigenvalue weighted by Gasteiger charge is 2.33. The molecule has 2 unspecified atom stereocenters. The van der Waals surface area contributed by atoms with Crippen molar-refractivity contribution in [3.05, 3.63) is 30.1 Å². The van der Waals surface area contributed by atoms with E-state index >= 15 is 0 Å².